The van der Waals surface area contributed by atoms with Crippen LogP contribution in [0.5, 0.6) is 0 Å². The lowest BCUT2D eigenvalue weighted by Gasteiger charge is -2.11. The molecule has 8 heteroatoms. The number of rotatable bonds is 7. The minimum Gasteiger partial charge on any atom is -0.391 e. The van der Waals surface area contributed by atoms with Crippen LogP contribution >= 0.6 is 11.3 Å². The maximum atomic E-state index is 12.0. The average Bonchev–Trinajstić information content (AvgIpc) is 3.12. The molecule has 3 N–H and O–H groups in total. The molecule has 0 radical (unpaired) electrons. The zero-order valence-corrected chi connectivity index (χ0v) is 13.8. The van der Waals surface area contributed by atoms with Gasteiger partial charge in [-0.2, -0.15) is 0 Å². The second-order valence-corrected chi connectivity index (χ2v) is 6.60. The van der Waals surface area contributed by atoms with Gasteiger partial charge in [-0.05, 0) is 25.0 Å². The van der Waals surface area contributed by atoms with E-state index >= 15 is 0 Å². The molecule has 24 heavy (non-hydrogen) atoms. The van der Waals surface area contributed by atoms with Crippen LogP contribution in [0.3, 0.4) is 0 Å². The Balaban J connectivity index is 1.56. The minimum atomic E-state index is -0.591. The molecule has 2 heterocycles. The number of amides is 1. The van der Waals surface area contributed by atoms with Crippen LogP contribution in [0.25, 0.3) is 10.2 Å². The van der Waals surface area contributed by atoms with E-state index in [0.29, 0.717) is 25.9 Å². The first-order valence-corrected chi connectivity index (χ1v) is 8.44. The summed E-state index contributed by atoms with van der Waals surface area (Å²) in [6.07, 6.45) is 3.63. The lowest BCUT2D eigenvalue weighted by molar-refractivity contribution is 0.0995. The van der Waals surface area contributed by atoms with Gasteiger partial charge in [-0.3, -0.25) is 14.2 Å². The molecule has 3 rings (SSSR count). The summed E-state index contributed by atoms with van der Waals surface area (Å²) in [7, 11) is 0. The summed E-state index contributed by atoms with van der Waals surface area (Å²) in [4.78, 5) is 26.9. The Hall–Kier alpha value is -2.45. The van der Waals surface area contributed by atoms with Crippen molar-refractivity contribution >= 4 is 27.5 Å². The number of aliphatic hydroxyl groups is 1. The number of benzene rings is 1. The van der Waals surface area contributed by atoms with E-state index in [4.69, 9.17) is 5.73 Å². The molecule has 0 fully saturated rings. The van der Waals surface area contributed by atoms with Crippen molar-refractivity contribution in [2.75, 3.05) is 0 Å². The highest BCUT2D eigenvalue weighted by Gasteiger charge is 2.10. The van der Waals surface area contributed by atoms with Crippen LogP contribution in [0.4, 0.5) is 0 Å². The van der Waals surface area contributed by atoms with Gasteiger partial charge >= 0.3 is 4.87 Å². The molecule has 3 aromatic rings. The van der Waals surface area contributed by atoms with Gasteiger partial charge in [-0.15, -0.1) is 0 Å². The van der Waals surface area contributed by atoms with E-state index < -0.39 is 12.0 Å². The molecule has 0 spiro atoms. The first-order valence-electron chi connectivity index (χ1n) is 7.62. The van der Waals surface area contributed by atoms with E-state index in [0.717, 1.165) is 10.2 Å². The Morgan fingerprint density at radius 3 is 2.92 bits per heavy atom. The van der Waals surface area contributed by atoms with Crippen LogP contribution in [0.15, 0.2) is 41.6 Å². The van der Waals surface area contributed by atoms with E-state index in [-0.39, 0.29) is 10.6 Å². The summed E-state index contributed by atoms with van der Waals surface area (Å²) in [5, 5.41) is 10.1. The fraction of sp³-hybridized carbons (Fsp3) is 0.312. The van der Waals surface area contributed by atoms with E-state index in [1.807, 2.05) is 24.3 Å². The summed E-state index contributed by atoms with van der Waals surface area (Å²) in [5.41, 5.74) is 6.26. The number of aliphatic hydroxyl groups excluding tert-OH is 1. The fourth-order valence-corrected chi connectivity index (χ4v) is 3.55. The molecule has 1 atom stereocenters. The number of hydrogen-bond donors (Lipinski definition) is 2. The first kappa shape index (κ1) is 16.4. The second kappa shape index (κ2) is 6.98. The van der Waals surface area contributed by atoms with Crippen molar-refractivity contribution < 1.29 is 9.90 Å². The van der Waals surface area contributed by atoms with Crippen molar-refractivity contribution in [2.45, 2.75) is 32.0 Å². The molecule has 126 valence electrons. The Labute approximate surface area is 142 Å². The predicted octanol–water partition coefficient (Wildman–Crippen LogP) is 1.20. The maximum Gasteiger partial charge on any atom is 0.308 e. The highest BCUT2D eigenvalue weighted by molar-refractivity contribution is 7.16. The maximum absolute atomic E-state index is 12.0. The van der Waals surface area contributed by atoms with Crippen molar-refractivity contribution in [2.24, 2.45) is 5.73 Å². The minimum absolute atomic E-state index is 0.0198. The summed E-state index contributed by atoms with van der Waals surface area (Å²) in [6.45, 7) is 0.899. The van der Waals surface area contributed by atoms with E-state index in [1.54, 1.807) is 9.13 Å². The van der Waals surface area contributed by atoms with E-state index in [1.165, 1.54) is 23.9 Å². The Bertz CT molecular complexity index is 911. The fourth-order valence-electron chi connectivity index (χ4n) is 2.63. The zero-order valence-electron chi connectivity index (χ0n) is 13.0. The Morgan fingerprint density at radius 1 is 1.38 bits per heavy atom. The molecule has 2 aromatic heterocycles. The summed E-state index contributed by atoms with van der Waals surface area (Å²) in [6, 6.07) is 7.69. The van der Waals surface area contributed by atoms with Crippen LogP contribution in [-0.2, 0) is 13.1 Å². The van der Waals surface area contributed by atoms with Crippen LogP contribution in [0.1, 0.15) is 23.3 Å². The third kappa shape index (κ3) is 3.55. The number of thiazole rings is 1. The molecule has 0 unspecified atom stereocenters. The van der Waals surface area contributed by atoms with Crippen LogP contribution in [-0.4, -0.2) is 31.2 Å². The molecule has 0 aliphatic rings. The highest BCUT2D eigenvalue weighted by Crippen LogP contribution is 2.17. The number of aromatic nitrogens is 3. The van der Waals surface area contributed by atoms with Crippen molar-refractivity contribution in [1.29, 1.82) is 0 Å². The van der Waals surface area contributed by atoms with Gasteiger partial charge in [0.25, 0.3) is 5.91 Å². The Kier molecular flexibility index (Phi) is 4.77. The normalized spacial score (nSPS) is 12.5. The number of hydrogen-bond acceptors (Lipinski definition) is 5. The molecule has 7 nitrogen and oxygen atoms in total. The van der Waals surface area contributed by atoms with Crippen molar-refractivity contribution in [3.8, 4) is 0 Å². The van der Waals surface area contributed by atoms with Gasteiger partial charge in [0.2, 0.25) is 0 Å². The van der Waals surface area contributed by atoms with Crippen molar-refractivity contribution in [1.82, 2.24) is 14.1 Å². The van der Waals surface area contributed by atoms with Crippen LogP contribution in [0.2, 0.25) is 0 Å². The first-order chi connectivity index (χ1) is 11.5. The number of aryl methyl sites for hydroxylation is 1. The van der Waals surface area contributed by atoms with Gasteiger partial charge in [0.15, 0.2) is 0 Å². The second-order valence-electron chi connectivity index (χ2n) is 5.60. The quantitative estimate of drug-likeness (QED) is 0.671. The molecular weight excluding hydrogens is 328 g/mol. The van der Waals surface area contributed by atoms with E-state index in [2.05, 4.69) is 4.98 Å². The molecule has 0 aliphatic carbocycles. The average molecular weight is 346 g/mol. The van der Waals surface area contributed by atoms with Crippen molar-refractivity contribution in [3.05, 3.63) is 52.2 Å². The molecule has 1 amide bonds. The number of para-hydroxylation sites is 1. The predicted molar refractivity (Wildman–Crippen MR) is 92.1 cm³/mol. The van der Waals surface area contributed by atoms with Gasteiger partial charge in [0, 0.05) is 19.3 Å². The smallest absolute Gasteiger partial charge is 0.308 e. The summed E-state index contributed by atoms with van der Waals surface area (Å²) in [5.74, 6) is -0.591. The van der Waals surface area contributed by atoms with Gasteiger partial charge in [-0.1, -0.05) is 23.5 Å². The summed E-state index contributed by atoms with van der Waals surface area (Å²) < 4.78 is 4.35. The molecule has 0 bridgehead atoms. The van der Waals surface area contributed by atoms with E-state index in [9.17, 15) is 14.7 Å². The lowest BCUT2D eigenvalue weighted by Crippen LogP contribution is -2.18. The largest absolute Gasteiger partial charge is 0.391 e. The highest BCUT2D eigenvalue weighted by atomic mass is 32.1. The van der Waals surface area contributed by atoms with Crippen molar-refractivity contribution in [3.63, 3.8) is 0 Å². The topological polar surface area (TPSA) is 103 Å². The number of fused-ring (bicyclic) bond motifs is 1. The van der Waals surface area contributed by atoms with Crippen LogP contribution < -0.4 is 10.6 Å². The number of carbonyl (C=O) groups excluding carboxylic acids is 1. The monoisotopic (exact) mass is 346 g/mol. The van der Waals surface area contributed by atoms with Gasteiger partial charge < -0.3 is 15.4 Å². The molecule has 1 aromatic carbocycles. The number of nitrogens with zero attached hydrogens (tertiary/aromatic N) is 3. The Morgan fingerprint density at radius 2 is 2.17 bits per heavy atom. The number of primary amides is 1. The van der Waals surface area contributed by atoms with Gasteiger partial charge in [-0.25, -0.2) is 4.98 Å². The SMILES string of the molecule is NC(=O)c1cn(C[C@@H](O)CCCn2c(=O)sc3ccccc32)cn1. The number of imidazole rings is 1. The molecule has 0 saturated heterocycles. The standard InChI is InChI=1S/C16H18N4O3S/c17-15(22)12-9-19(10-18-12)8-11(21)4-3-7-20-13-5-1-2-6-14(13)24-16(20)23/h1-2,5-6,9-11,21H,3-4,7-8H2,(H2,17,22)/t11-/m0/s1. The summed E-state index contributed by atoms with van der Waals surface area (Å²) >= 11 is 1.23. The third-order valence-corrected chi connectivity index (χ3v) is 4.76. The van der Waals surface area contributed by atoms with Crippen LogP contribution in [0, 0.1) is 0 Å². The molecule has 0 aliphatic heterocycles. The lowest BCUT2D eigenvalue weighted by atomic mass is 10.2. The molecular formula is C16H18N4O3S. The van der Waals surface area contributed by atoms with Gasteiger partial charge in [0.05, 0.1) is 22.6 Å². The van der Waals surface area contributed by atoms with Gasteiger partial charge in [0.1, 0.15) is 5.69 Å². The number of nitrogens with two attached hydrogens (primary N) is 1. The number of carbonyl (C=O) groups is 1. The molecule has 0 saturated carbocycles. The zero-order chi connectivity index (χ0) is 17.1. The third-order valence-electron chi connectivity index (χ3n) is 3.80.